The molecule has 0 spiro atoms. The standard InChI is InChI=1S/C31H49NO7/c1-29-11-9-22(38-19-27(35)32-13-5-3-4-6-14-33)16-21(29)7-8-24-25(29)17-26(34)30(2)23(10-12-31(24,30)37)20-15-28(36)39-18-20/h15,21-26,33-34,37H,3-14,16-19H2,1-2H3,(H,32,35). The zero-order valence-electron chi connectivity index (χ0n) is 23.8. The predicted octanol–water partition coefficient (Wildman–Crippen LogP) is 3.27. The van der Waals surface area contributed by atoms with Gasteiger partial charge in [-0.15, -0.1) is 0 Å². The monoisotopic (exact) mass is 547 g/mol. The van der Waals surface area contributed by atoms with E-state index in [2.05, 4.69) is 19.2 Å². The number of cyclic esters (lactones) is 1. The van der Waals surface area contributed by atoms with Crippen LogP contribution in [0.2, 0.25) is 0 Å². The minimum atomic E-state index is -0.954. The third kappa shape index (κ3) is 5.08. The summed E-state index contributed by atoms with van der Waals surface area (Å²) < 4.78 is 11.3. The van der Waals surface area contributed by atoms with Gasteiger partial charge in [-0.25, -0.2) is 4.79 Å². The van der Waals surface area contributed by atoms with Crippen LogP contribution in [0.3, 0.4) is 0 Å². The third-order valence-corrected chi connectivity index (χ3v) is 11.9. The predicted molar refractivity (Wildman–Crippen MR) is 145 cm³/mol. The Morgan fingerprint density at radius 1 is 1.08 bits per heavy atom. The van der Waals surface area contributed by atoms with Crippen molar-refractivity contribution in [2.75, 3.05) is 26.4 Å². The summed E-state index contributed by atoms with van der Waals surface area (Å²) in [5.41, 5.74) is -0.672. The first kappa shape index (κ1) is 29.0. The second kappa shape index (κ2) is 11.4. The normalized spacial score (nSPS) is 43.2. The van der Waals surface area contributed by atoms with Crippen LogP contribution < -0.4 is 5.32 Å². The van der Waals surface area contributed by atoms with Crippen molar-refractivity contribution in [1.82, 2.24) is 5.32 Å². The van der Waals surface area contributed by atoms with Gasteiger partial charge < -0.3 is 30.1 Å². The summed E-state index contributed by atoms with van der Waals surface area (Å²) in [5, 5.41) is 35.8. The molecule has 0 radical (unpaired) electrons. The van der Waals surface area contributed by atoms with Gasteiger partial charge in [-0.1, -0.05) is 26.7 Å². The van der Waals surface area contributed by atoms with E-state index in [1.54, 1.807) is 6.08 Å². The van der Waals surface area contributed by atoms with Gasteiger partial charge in [-0.2, -0.15) is 0 Å². The second-order valence-electron chi connectivity index (χ2n) is 13.6. The van der Waals surface area contributed by atoms with Crippen molar-refractivity contribution in [2.24, 2.45) is 34.5 Å². The van der Waals surface area contributed by atoms with Gasteiger partial charge in [-0.3, -0.25) is 4.79 Å². The molecular weight excluding hydrogens is 498 g/mol. The summed E-state index contributed by atoms with van der Waals surface area (Å²) in [6.07, 6.45) is 11.6. The summed E-state index contributed by atoms with van der Waals surface area (Å²) in [4.78, 5) is 24.1. The highest BCUT2D eigenvalue weighted by molar-refractivity contribution is 5.85. The Morgan fingerprint density at radius 2 is 1.87 bits per heavy atom. The van der Waals surface area contributed by atoms with Gasteiger partial charge in [0.25, 0.3) is 0 Å². The first-order valence-electron chi connectivity index (χ1n) is 15.4. The molecule has 5 aliphatic rings. The first-order chi connectivity index (χ1) is 18.6. The van der Waals surface area contributed by atoms with E-state index in [0.717, 1.165) is 69.8 Å². The van der Waals surface area contributed by atoms with Crippen LogP contribution in [0, 0.1) is 34.5 Å². The Hall–Kier alpha value is -1.48. The Morgan fingerprint density at radius 3 is 2.62 bits per heavy atom. The van der Waals surface area contributed by atoms with Crippen LogP contribution in [-0.2, 0) is 19.1 Å². The lowest BCUT2D eigenvalue weighted by molar-refractivity contribution is -0.245. The van der Waals surface area contributed by atoms with Gasteiger partial charge in [-0.05, 0) is 98.9 Å². The van der Waals surface area contributed by atoms with Crippen molar-refractivity contribution in [3.05, 3.63) is 11.6 Å². The molecule has 0 saturated heterocycles. The summed E-state index contributed by atoms with van der Waals surface area (Å²) >= 11 is 0. The van der Waals surface area contributed by atoms with Crippen LogP contribution in [0.15, 0.2) is 11.6 Å². The van der Waals surface area contributed by atoms with Crippen molar-refractivity contribution in [2.45, 2.75) is 109 Å². The van der Waals surface area contributed by atoms with Crippen molar-refractivity contribution < 1.29 is 34.4 Å². The number of rotatable bonds is 10. The van der Waals surface area contributed by atoms with E-state index in [0.29, 0.717) is 25.3 Å². The average Bonchev–Trinajstić information content (AvgIpc) is 3.46. The van der Waals surface area contributed by atoms with Crippen LogP contribution in [0.25, 0.3) is 0 Å². The molecule has 5 rings (SSSR count). The number of amides is 1. The molecule has 0 aromatic rings. The Labute approximate surface area is 232 Å². The highest BCUT2D eigenvalue weighted by Gasteiger charge is 2.70. The molecule has 9 atom stereocenters. The van der Waals surface area contributed by atoms with Crippen molar-refractivity contribution in [3.8, 4) is 0 Å². The minimum absolute atomic E-state index is 0.0292. The second-order valence-corrected chi connectivity index (χ2v) is 13.6. The van der Waals surface area contributed by atoms with Gasteiger partial charge >= 0.3 is 5.97 Å². The van der Waals surface area contributed by atoms with Crippen LogP contribution in [0.1, 0.15) is 90.9 Å². The van der Waals surface area contributed by atoms with E-state index < -0.39 is 17.1 Å². The fraction of sp³-hybridized carbons (Fsp3) is 0.871. The summed E-state index contributed by atoms with van der Waals surface area (Å²) in [6, 6.07) is 0. The smallest absolute Gasteiger partial charge is 0.331 e. The van der Waals surface area contributed by atoms with Gasteiger partial charge in [0.15, 0.2) is 0 Å². The van der Waals surface area contributed by atoms with Crippen LogP contribution in [0.5, 0.6) is 0 Å². The maximum atomic E-state index is 12.4. The van der Waals surface area contributed by atoms with Gasteiger partial charge in [0.2, 0.25) is 5.91 Å². The molecule has 4 N–H and O–H groups in total. The molecule has 4 fully saturated rings. The minimum Gasteiger partial charge on any atom is -0.458 e. The number of aliphatic hydroxyl groups is 3. The van der Waals surface area contributed by atoms with Gasteiger partial charge in [0, 0.05) is 24.6 Å². The van der Waals surface area contributed by atoms with Crippen LogP contribution in [0.4, 0.5) is 0 Å². The quantitative estimate of drug-likeness (QED) is 0.244. The van der Waals surface area contributed by atoms with Crippen LogP contribution in [-0.4, -0.2) is 71.4 Å². The van der Waals surface area contributed by atoms with E-state index >= 15 is 0 Å². The van der Waals surface area contributed by atoms with Gasteiger partial charge in [0.1, 0.15) is 13.2 Å². The molecular formula is C31H49NO7. The zero-order chi connectivity index (χ0) is 27.8. The summed E-state index contributed by atoms with van der Waals surface area (Å²) in [6.45, 7) is 5.66. The Kier molecular flexibility index (Phi) is 8.50. The topological polar surface area (TPSA) is 125 Å². The molecule has 8 nitrogen and oxygen atoms in total. The lowest BCUT2D eigenvalue weighted by Gasteiger charge is -2.65. The molecule has 1 heterocycles. The number of hydrogen-bond donors (Lipinski definition) is 4. The van der Waals surface area contributed by atoms with Gasteiger partial charge in [0.05, 0.1) is 17.8 Å². The van der Waals surface area contributed by atoms with Crippen molar-refractivity contribution >= 4 is 11.9 Å². The average molecular weight is 548 g/mol. The number of carbonyl (C=O) groups is 2. The molecule has 8 heteroatoms. The molecule has 0 aromatic heterocycles. The van der Waals surface area contributed by atoms with E-state index in [1.165, 1.54) is 0 Å². The number of unbranched alkanes of at least 4 members (excludes halogenated alkanes) is 3. The molecule has 9 unspecified atom stereocenters. The van der Waals surface area contributed by atoms with E-state index in [9.17, 15) is 19.8 Å². The number of hydrogen-bond acceptors (Lipinski definition) is 7. The maximum absolute atomic E-state index is 12.4. The summed E-state index contributed by atoms with van der Waals surface area (Å²) in [5.74, 6) is 0.418. The fourth-order valence-corrected chi connectivity index (χ4v) is 9.56. The Balaban J connectivity index is 1.18. The van der Waals surface area contributed by atoms with E-state index in [-0.39, 0.29) is 61.0 Å². The highest BCUT2D eigenvalue weighted by Crippen LogP contribution is 2.70. The molecule has 4 aliphatic carbocycles. The highest BCUT2D eigenvalue weighted by atomic mass is 16.5. The zero-order valence-corrected chi connectivity index (χ0v) is 23.8. The molecule has 39 heavy (non-hydrogen) atoms. The molecule has 1 aliphatic heterocycles. The SMILES string of the molecule is CC12CCC(OCC(=O)NCCCCCCO)CC1CCC1C2CC(O)C2(C)C(C3=CC(=O)OC3)CCC12O. The Bertz CT molecular complexity index is 953. The number of ether oxygens (including phenoxy) is 2. The molecule has 1 amide bonds. The maximum Gasteiger partial charge on any atom is 0.331 e. The molecule has 220 valence electrons. The number of aliphatic hydroxyl groups excluding tert-OH is 2. The lowest BCUT2D eigenvalue weighted by atomic mass is 9.42. The number of fused-ring (bicyclic) bond motifs is 5. The molecule has 0 bridgehead atoms. The summed E-state index contributed by atoms with van der Waals surface area (Å²) in [7, 11) is 0. The molecule has 0 aromatic carbocycles. The number of carbonyl (C=O) groups excluding carboxylic acids is 2. The van der Waals surface area contributed by atoms with E-state index in [4.69, 9.17) is 14.6 Å². The lowest BCUT2D eigenvalue weighted by Crippen LogP contribution is -2.67. The third-order valence-electron chi connectivity index (χ3n) is 11.9. The van der Waals surface area contributed by atoms with Crippen LogP contribution >= 0.6 is 0 Å². The fourth-order valence-electron chi connectivity index (χ4n) is 9.56. The molecule has 4 saturated carbocycles. The first-order valence-corrected chi connectivity index (χ1v) is 15.4. The van der Waals surface area contributed by atoms with Crippen molar-refractivity contribution in [1.29, 1.82) is 0 Å². The number of nitrogens with one attached hydrogen (secondary N) is 1. The van der Waals surface area contributed by atoms with Crippen molar-refractivity contribution in [3.63, 3.8) is 0 Å². The number of esters is 1. The van der Waals surface area contributed by atoms with E-state index in [1.807, 2.05) is 0 Å². The largest absolute Gasteiger partial charge is 0.458 e.